The van der Waals surface area contributed by atoms with Crippen LogP contribution in [0.1, 0.15) is 22.6 Å². The van der Waals surface area contributed by atoms with E-state index in [2.05, 4.69) is 4.99 Å². The summed E-state index contributed by atoms with van der Waals surface area (Å²) in [6.45, 7) is 0. The molecule has 0 spiro atoms. The van der Waals surface area contributed by atoms with Crippen LogP contribution < -0.4 is 0 Å². The van der Waals surface area contributed by atoms with Crippen molar-refractivity contribution in [3.63, 3.8) is 0 Å². The number of rotatable bonds is 2. The molecule has 0 aromatic heterocycles. The summed E-state index contributed by atoms with van der Waals surface area (Å²) in [5.74, 6) is -2.15. The van der Waals surface area contributed by atoms with Gasteiger partial charge in [0.05, 0.1) is 5.92 Å². The molecule has 1 heterocycles. The summed E-state index contributed by atoms with van der Waals surface area (Å²) in [7, 11) is 0. The van der Waals surface area contributed by atoms with Crippen LogP contribution in [0.3, 0.4) is 0 Å². The third-order valence-electron chi connectivity index (χ3n) is 3.33. The number of carbonyl (C=O) groups is 2. The topological polar surface area (TPSA) is 66.7 Å². The van der Waals surface area contributed by atoms with E-state index in [-0.39, 0.29) is 5.71 Å². The Bertz CT molecular complexity index is 720. The van der Waals surface area contributed by atoms with E-state index in [1.165, 1.54) is 0 Å². The molecule has 0 radical (unpaired) electrons. The maximum absolute atomic E-state index is 12.2. The van der Waals surface area contributed by atoms with Gasteiger partial charge in [0, 0.05) is 5.56 Å². The third kappa shape index (κ3) is 1.91. The van der Waals surface area contributed by atoms with Crippen molar-refractivity contribution in [2.24, 2.45) is 4.99 Å². The van der Waals surface area contributed by atoms with Crippen LogP contribution in [-0.2, 0) is 9.59 Å². The molecule has 2 aromatic carbocycles. The van der Waals surface area contributed by atoms with Gasteiger partial charge in [0.1, 0.15) is 0 Å². The number of hydrogen-bond acceptors (Lipinski definition) is 2. The predicted molar refractivity (Wildman–Crippen MR) is 73.9 cm³/mol. The average molecular weight is 265 g/mol. The van der Waals surface area contributed by atoms with Crippen molar-refractivity contribution < 1.29 is 14.7 Å². The second kappa shape index (κ2) is 4.74. The van der Waals surface area contributed by atoms with Gasteiger partial charge >= 0.3 is 5.97 Å². The van der Waals surface area contributed by atoms with Crippen molar-refractivity contribution in [1.29, 1.82) is 0 Å². The first-order valence-corrected chi connectivity index (χ1v) is 6.18. The summed E-state index contributed by atoms with van der Waals surface area (Å²) in [5.41, 5.74) is 1.83. The zero-order valence-corrected chi connectivity index (χ0v) is 10.5. The smallest absolute Gasteiger partial charge is 0.355 e. The van der Waals surface area contributed by atoms with Crippen molar-refractivity contribution in [3.05, 3.63) is 71.3 Å². The fourth-order valence-corrected chi connectivity index (χ4v) is 2.46. The Kier molecular flexibility index (Phi) is 2.91. The number of carboxylic acids is 1. The molecule has 2 aromatic rings. The molecule has 98 valence electrons. The van der Waals surface area contributed by atoms with Gasteiger partial charge < -0.3 is 5.11 Å². The number of benzene rings is 2. The first-order chi connectivity index (χ1) is 9.68. The number of nitrogens with zero attached hydrogens (tertiary/aromatic N) is 1. The zero-order chi connectivity index (χ0) is 14.1. The maximum atomic E-state index is 12.2. The van der Waals surface area contributed by atoms with Crippen LogP contribution in [-0.4, -0.2) is 22.7 Å². The summed E-state index contributed by atoms with van der Waals surface area (Å²) in [6, 6.07) is 16.3. The van der Waals surface area contributed by atoms with Gasteiger partial charge in [-0.2, -0.15) is 0 Å². The second-order valence-corrected chi connectivity index (χ2v) is 4.53. The van der Waals surface area contributed by atoms with Gasteiger partial charge in [0.25, 0.3) is 5.91 Å². The Labute approximate surface area is 115 Å². The Morgan fingerprint density at radius 3 is 2.35 bits per heavy atom. The normalized spacial score (nSPS) is 17.3. The molecule has 1 amide bonds. The maximum Gasteiger partial charge on any atom is 0.355 e. The number of fused-ring (bicyclic) bond motifs is 1. The third-order valence-corrected chi connectivity index (χ3v) is 3.33. The number of aliphatic carboxylic acids is 1. The molecule has 4 heteroatoms. The summed E-state index contributed by atoms with van der Waals surface area (Å²) < 4.78 is 0. The Morgan fingerprint density at radius 1 is 1.00 bits per heavy atom. The first kappa shape index (κ1) is 12.3. The van der Waals surface area contributed by atoms with Crippen LogP contribution in [0, 0.1) is 0 Å². The average Bonchev–Trinajstić information content (AvgIpc) is 2.47. The molecule has 1 unspecified atom stereocenters. The lowest BCUT2D eigenvalue weighted by atomic mass is 9.84. The summed E-state index contributed by atoms with van der Waals surface area (Å²) in [6.07, 6.45) is 0. The SMILES string of the molecule is O=C(O)C1=NC(=O)C(c2ccccc2)c2ccccc21. The van der Waals surface area contributed by atoms with Gasteiger partial charge in [-0.15, -0.1) is 0 Å². The number of hydrogen-bond donors (Lipinski definition) is 1. The van der Waals surface area contributed by atoms with Gasteiger partial charge in [-0.1, -0.05) is 54.6 Å². The molecule has 1 N–H and O–H groups in total. The largest absolute Gasteiger partial charge is 0.476 e. The van der Waals surface area contributed by atoms with Gasteiger partial charge in [-0.25, -0.2) is 9.79 Å². The molecule has 0 bridgehead atoms. The summed E-state index contributed by atoms with van der Waals surface area (Å²) >= 11 is 0. The van der Waals surface area contributed by atoms with E-state index in [1.54, 1.807) is 24.3 Å². The minimum Gasteiger partial charge on any atom is -0.476 e. The fourth-order valence-electron chi connectivity index (χ4n) is 2.46. The van der Waals surface area contributed by atoms with E-state index >= 15 is 0 Å². The molecule has 1 aliphatic rings. The molecule has 4 nitrogen and oxygen atoms in total. The quantitative estimate of drug-likeness (QED) is 0.905. The van der Waals surface area contributed by atoms with Crippen LogP contribution in [0.4, 0.5) is 0 Å². The number of carboxylic acid groups (broad SMARTS) is 1. The zero-order valence-electron chi connectivity index (χ0n) is 10.5. The van der Waals surface area contributed by atoms with Crippen molar-refractivity contribution in [2.45, 2.75) is 5.92 Å². The van der Waals surface area contributed by atoms with E-state index < -0.39 is 17.8 Å². The molecule has 0 saturated carbocycles. The van der Waals surface area contributed by atoms with E-state index in [9.17, 15) is 14.7 Å². The van der Waals surface area contributed by atoms with Crippen molar-refractivity contribution >= 4 is 17.6 Å². The number of amides is 1. The second-order valence-electron chi connectivity index (χ2n) is 4.53. The molecule has 0 saturated heterocycles. The number of aliphatic imine (C=N–C) groups is 1. The molecular weight excluding hydrogens is 254 g/mol. The molecule has 0 fully saturated rings. The minimum absolute atomic E-state index is 0.183. The molecule has 1 aliphatic heterocycles. The van der Waals surface area contributed by atoms with Crippen LogP contribution in [0.5, 0.6) is 0 Å². The van der Waals surface area contributed by atoms with Crippen molar-refractivity contribution in [2.75, 3.05) is 0 Å². The monoisotopic (exact) mass is 265 g/mol. The van der Waals surface area contributed by atoms with Gasteiger partial charge in [0.2, 0.25) is 0 Å². The lowest BCUT2D eigenvalue weighted by Gasteiger charge is -2.22. The highest BCUT2D eigenvalue weighted by atomic mass is 16.4. The van der Waals surface area contributed by atoms with Crippen molar-refractivity contribution in [1.82, 2.24) is 0 Å². The van der Waals surface area contributed by atoms with E-state index in [4.69, 9.17) is 0 Å². The fraction of sp³-hybridized carbons (Fsp3) is 0.0625. The van der Waals surface area contributed by atoms with Gasteiger partial charge in [-0.05, 0) is 11.1 Å². The predicted octanol–water partition coefficient (Wildman–Crippen LogP) is 2.23. The molecular formula is C16H11NO3. The van der Waals surface area contributed by atoms with Crippen molar-refractivity contribution in [3.8, 4) is 0 Å². The highest BCUT2D eigenvalue weighted by Crippen LogP contribution is 2.32. The van der Waals surface area contributed by atoms with Crippen LogP contribution >= 0.6 is 0 Å². The van der Waals surface area contributed by atoms with Gasteiger partial charge in [-0.3, -0.25) is 4.79 Å². The lowest BCUT2D eigenvalue weighted by Crippen LogP contribution is -2.27. The Morgan fingerprint density at radius 2 is 1.65 bits per heavy atom. The first-order valence-electron chi connectivity index (χ1n) is 6.18. The van der Waals surface area contributed by atoms with E-state index in [1.807, 2.05) is 30.3 Å². The molecule has 3 rings (SSSR count). The van der Waals surface area contributed by atoms with Gasteiger partial charge in [0.15, 0.2) is 5.71 Å². The highest BCUT2D eigenvalue weighted by molar-refractivity contribution is 6.45. The van der Waals surface area contributed by atoms with Crippen LogP contribution in [0.15, 0.2) is 59.6 Å². The Hall–Kier alpha value is -2.75. The highest BCUT2D eigenvalue weighted by Gasteiger charge is 2.32. The minimum atomic E-state index is -1.18. The van der Waals surface area contributed by atoms with Crippen LogP contribution in [0.2, 0.25) is 0 Å². The number of carbonyl (C=O) groups excluding carboxylic acids is 1. The lowest BCUT2D eigenvalue weighted by molar-refractivity contribution is -0.129. The standard InChI is InChI=1S/C16H11NO3/c18-15-13(10-6-2-1-3-7-10)11-8-4-5-9-12(11)14(17-15)16(19)20/h1-9,13H,(H,19,20). The molecule has 0 aliphatic carbocycles. The molecule has 20 heavy (non-hydrogen) atoms. The summed E-state index contributed by atoms with van der Waals surface area (Å²) in [5, 5.41) is 9.18. The van der Waals surface area contributed by atoms with E-state index in [0.29, 0.717) is 11.1 Å². The Balaban J connectivity index is 2.21. The van der Waals surface area contributed by atoms with Crippen LogP contribution in [0.25, 0.3) is 0 Å². The van der Waals surface area contributed by atoms with E-state index in [0.717, 1.165) is 5.56 Å². The summed E-state index contributed by atoms with van der Waals surface area (Å²) in [4.78, 5) is 27.2. The molecule has 1 atom stereocenters.